The van der Waals surface area contributed by atoms with Gasteiger partial charge in [0.1, 0.15) is 24.4 Å². The van der Waals surface area contributed by atoms with E-state index in [1.807, 2.05) is 6.07 Å². The molecule has 2 N–H and O–H groups in total. The van der Waals surface area contributed by atoms with E-state index in [1.54, 1.807) is 48.8 Å². The van der Waals surface area contributed by atoms with E-state index in [1.165, 1.54) is 23.3 Å². The fraction of sp³-hybridized carbons (Fsp3) is 0.0476. The molecule has 0 aliphatic heterocycles. The molecule has 4 aromatic rings. The maximum absolute atomic E-state index is 12.8. The van der Waals surface area contributed by atoms with Gasteiger partial charge >= 0.3 is 0 Å². The Morgan fingerprint density at radius 2 is 2.06 bits per heavy atom. The van der Waals surface area contributed by atoms with Crippen LogP contribution in [0.2, 0.25) is 0 Å². The molecular weight excluding hydrogens is 399 g/mol. The number of hydrogen-bond acceptors (Lipinski definition) is 7. The Balaban J connectivity index is 1.49. The van der Waals surface area contributed by atoms with Crippen LogP contribution in [0.3, 0.4) is 0 Å². The zero-order valence-electron chi connectivity index (χ0n) is 16.0. The van der Waals surface area contributed by atoms with Crippen molar-refractivity contribution in [2.75, 3.05) is 10.6 Å². The van der Waals surface area contributed by atoms with E-state index < -0.39 is 6.67 Å². The first-order chi connectivity index (χ1) is 15.1. The Morgan fingerprint density at radius 3 is 2.87 bits per heavy atom. The van der Waals surface area contributed by atoms with Gasteiger partial charge in [0.15, 0.2) is 0 Å². The van der Waals surface area contributed by atoms with Crippen molar-refractivity contribution in [3.63, 3.8) is 0 Å². The molecule has 4 aromatic heterocycles. The molecule has 0 fully saturated rings. The highest BCUT2D eigenvalue weighted by molar-refractivity contribution is 6.04. The van der Waals surface area contributed by atoms with Crippen LogP contribution < -0.4 is 10.6 Å². The van der Waals surface area contributed by atoms with Crippen LogP contribution in [0, 0.1) is 11.3 Å². The summed E-state index contributed by atoms with van der Waals surface area (Å²) >= 11 is 0. The summed E-state index contributed by atoms with van der Waals surface area (Å²) in [5.41, 5.74) is 2.12. The molecule has 0 saturated heterocycles. The highest BCUT2D eigenvalue weighted by Gasteiger charge is 2.10. The van der Waals surface area contributed by atoms with E-state index in [0.717, 1.165) is 0 Å². The molecule has 9 nitrogen and oxygen atoms in total. The minimum absolute atomic E-state index is 0.297. The van der Waals surface area contributed by atoms with Crippen molar-refractivity contribution in [2.45, 2.75) is 6.67 Å². The van der Waals surface area contributed by atoms with Gasteiger partial charge in [-0.2, -0.15) is 10.4 Å². The summed E-state index contributed by atoms with van der Waals surface area (Å²) in [6, 6.07) is 11.8. The monoisotopic (exact) mass is 414 g/mol. The predicted octanol–water partition coefficient (Wildman–Crippen LogP) is 3.39. The Kier molecular flexibility index (Phi) is 5.57. The standard InChI is InChI=1S/C21H15FN8O/c22-8-16-2-1-3-19(27-16)29-20-6-15(4-5-25-20)21(31)28-17-7-18(12-24-11-17)30-13-14(9-23)10-26-30/h1-7,10-13H,8H2,(H,28,31)(H,25,27,29). The molecule has 0 spiro atoms. The third-order valence-corrected chi connectivity index (χ3v) is 4.18. The lowest BCUT2D eigenvalue weighted by Crippen LogP contribution is -2.13. The van der Waals surface area contributed by atoms with Crippen LogP contribution in [-0.4, -0.2) is 30.6 Å². The molecule has 0 aliphatic rings. The smallest absolute Gasteiger partial charge is 0.255 e. The lowest BCUT2D eigenvalue weighted by atomic mass is 10.2. The van der Waals surface area contributed by atoms with Crippen LogP contribution >= 0.6 is 0 Å². The summed E-state index contributed by atoms with van der Waals surface area (Å²) in [6.07, 6.45) is 7.56. The van der Waals surface area contributed by atoms with Crippen LogP contribution in [0.5, 0.6) is 0 Å². The first kappa shape index (κ1) is 19.7. The van der Waals surface area contributed by atoms with Crippen molar-refractivity contribution in [1.82, 2.24) is 24.7 Å². The molecule has 1 amide bonds. The van der Waals surface area contributed by atoms with Gasteiger partial charge in [-0.15, -0.1) is 0 Å². The number of rotatable bonds is 6. The van der Waals surface area contributed by atoms with Gasteiger partial charge in [-0.1, -0.05) is 6.07 Å². The molecule has 0 unspecified atom stereocenters. The van der Waals surface area contributed by atoms with E-state index in [-0.39, 0.29) is 5.91 Å². The van der Waals surface area contributed by atoms with Crippen molar-refractivity contribution >= 4 is 23.2 Å². The largest absolute Gasteiger partial charge is 0.325 e. The van der Waals surface area contributed by atoms with Crippen LogP contribution in [0.4, 0.5) is 21.7 Å². The fourth-order valence-electron chi connectivity index (χ4n) is 2.74. The summed E-state index contributed by atoms with van der Waals surface area (Å²) in [4.78, 5) is 25.1. The van der Waals surface area contributed by atoms with Crippen molar-refractivity contribution < 1.29 is 9.18 Å². The lowest BCUT2D eigenvalue weighted by molar-refractivity contribution is 0.102. The first-order valence-corrected chi connectivity index (χ1v) is 9.11. The third kappa shape index (κ3) is 4.68. The summed E-state index contributed by atoms with van der Waals surface area (Å²) in [5.74, 6) is 0.449. The number of carbonyl (C=O) groups is 1. The van der Waals surface area contributed by atoms with Crippen molar-refractivity contribution in [2.24, 2.45) is 0 Å². The Bertz CT molecular complexity index is 1280. The van der Waals surface area contributed by atoms with Gasteiger partial charge in [-0.3, -0.25) is 9.78 Å². The quantitative estimate of drug-likeness (QED) is 0.496. The molecule has 0 bridgehead atoms. The number of aromatic nitrogens is 5. The average molecular weight is 414 g/mol. The lowest BCUT2D eigenvalue weighted by Gasteiger charge is -2.09. The molecule has 0 radical (unpaired) electrons. The number of pyridine rings is 3. The summed E-state index contributed by atoms with van der Waals surface area (Å²) < 4.78 is 14.3. The first-order valence-electron chi connectivity index (χ1n) is 9.11. The Morgan fingerprint density at radius 1 is 1.16 bits per heavy atom. The molecule has 0 saturated carbocycles. The van der Waals surface area contributed by atoms with Gasteiger partial charge in [0.25, 0.3) is 5.91 Å². The van der Waals surface area contributed by atoms with Gasteiger partial charge in [-0.25, -0.2) is 19.0 Å². The van der Waals surface area contributed by atoms with Gasteiger partial charge in [0.2, 0.25) is 0 Å². The Labute approximate surface area is 176 Å². The average Bonchev–Trinajstić information content (AvgIpc) is 3.29. The molecule has 10 heteroatoms. The second-order valence-corrected chi connectivity index (χ2v) is 6.37. The number of nitrogens with zero attached hydrogens (tertiary/aromatic N) is 6. The van der Waals surface area contributed by atoms with Crippen molar-refractivity contribution in [3.05, 3.63) is 84.2 Å². The number of halogens is 1. The van der Waals surface area contributed by atoms with Gasteiger partial charge in [0, 0.05) is 18.0 Å². The van der Waals surface area contributed by atoms with Crippen molar-refractivity contribution in [3.8, 4) is 11.8 Å². The van der Waals surface area contributed by atoms with E-state index in [0.29, 0.717) is 39.8 Å². The van der Waals surface area contributed by atoms with E-state index >= 15 is 0 Å². The number of nitriles is 1. The molecular formula is C21H15FN8O. The topological polar surface area (TPSA) is 121 Å². The van der Waals surface area contributed by atoms with E-state index in [9.17, 15) is 9.18 Å². The summed E-state index contributed by atoms with van der Waals surface area (Å²) in [7, 11) is 0. The number of nitrogens with one attached hydrogen (secondary N) is 2. The maximum atomic E-state index is 12.8. The second-order valence-electron chi connectivity index (χ2n) is 6.37. The number of carbonyl (C=O) groups excluding carboxylic acids is 1. The molecule has 0 atom stereocenters. The van der Waals surface area contributed by atoms with E-state index in [2.05, 4.69) is 30.7 Å². The Hall–Kier alpha value is -4.65. The fourth-order valence-corrected chi connectivity index (χ4v) is 2.74. The van der Waals surface area contributed by atoms with Crippen molar-refractivity contribution in [1.29, 1.82) is 5.26 Å². The van der Waals surface area contributed by atoms with Gasteiger partial charge in [0.05, 0.1) is 41.2 Å². The normalized spacial score (nSPS) is 10.3. The third-order valence-electron chi connectivity index (χ3n) is 4.18. The van der Waals surface area contributed by atoms with Gasteiger partial charge in [-0.05, 0) is 30.3 Å². The number of hydrogen-bond donors (Lipinski definition) is 2. The molecule has 152 valence electrons. The van der Waals surface area contributed by atoms with Crippen LogP contribution in [0.15, 0.2) is 67.4 Å². The molecule has 0 aromatic carbocycles. The zero-order chi connectivity index (χ0) is 21.6. The van der Waals surface area contributed by atoms with Gasteiger partial charge < -0.3 is 10.6 Å². The summed E-state index contributed by atoms with van der Waals surface area (Å²) in [5, 5.41) is 18.8. The molecule has 4 heterocycles. The predicted molar refractivity (Wildman–Crippen MR) is 111 cm³/mol. The minimum Gasteiger partial charge on any atom is -0.325 e. The number of alkyl halides is 1. The zero-order valence-corrected chi connectivity index (χ0v) is 16.0. The van der Waals surface area contributed by atoms with Crippen LogP contribution in [-0.2, 0) is 6.67 Å². The highest BCUT2D eigenvalue weighted by Crippen LogP contribution is 2.17. The highest BCUT2D eigenvalue weighted by atomic mass is 19.1. The van der Waals surface area contributed by atoms with Crippen LogP contribution in [0.1, 0.15) is 21.6 Å². The number of anilines is 3. The molecule has 0 aliphatic carbocycles. The minimum atomic E-state index is -0.672. The summed E-state index contributed by atoms with van der Waals surface area (Å²) in [6.45, 7) is -0.672. The molecule has 4 rings (SSSR count). The SMILES string of the molecule is N#Cc1cnn(-c2cncc(NC(=O)c3ccnc(Nc4cccc(CF)n4)c3)c2)c1. The van der Waals surface area contributed by atoms with E-state index in [4.69, 9.17) is 5.26 Å². The molecule has 31 heavy (non-hydrogen) atoms. The number of amides is 1. The van der Waals surface area contributed by atoms with Crippen LogP contribution in [0.25, 0.3) is 5.69 Å². The maximum Gasteiger partial charge on any atom is 0.255 e. The second kappa shape index (κ2) is 8.79.